The number of thiophene rings is 1. The van der Waals surface area contributed by atoms with Crippen molar-refractivity contribution in [3.05, 3.63) is 47.1 Å². The van der Waals surface area contributed by atoms with Crippen molar-refractivity contribution in [2.24, 2.45) is 5.73 Å². The summed E-state index contributed by atoms with van der Waals surface area (Å²) < 4.78 is 27.2. The summed E-state index contributed by atoms with van der Waals surface area (Å²) in [6.07, 6.45) is 1.64. The van der Waals surface area contributed by atoms with Crippen molar-refractivity contribution in [1.29, 1.82) is 0 Å². The summed E-state index contributed by atoms with van der Waals surface area (Å²) in [5.74, 6) is 0. The van der Waals surface area contributed by atoms with E-state index < -0.39 is 10.0 Å². The number of rotatable bonds is 5. The molecule has 1 atom stereocenters. The average Bonchev–Trinajstić information content (AvgIpc) is 2.89. The van der Waals surface area contributed by atoms with E-state index in [1.807, 2.05) is 6.07 Å². The van der Waals surface area contributed by atoms with Crippen LogP contribution in [0.15, 0.2) is 40.1 Å². The normalized spacial score (nSPS) is 13.4. The number of hydrogen-bond acceptors (Lipinski definition) is 5. The third-order valence-electron chi connectivity index (χ3n) is 2.59. The minimum absolute atomic E-state index is 0.274. The molecule has 0 radical (unpaired) electrons. The zero-order chi connectivity index (χ0) is 13.9. The topological polar surface area (TPSA) is 85.1 Å². The third kappa shape index (κ3) is 3.38. The van der Waals surface area contributed by atoms with Gasteiger partial charge in [-0.25, -0.2) is 13.1 Å². The first kappa shape index (κ1) is 14.1. The molecule has 19 heavy (non-hydrogen) atoms. The fourth-order valence-electron chi connectivity index (χ4n) is 1.58. The molecule has 3 N–H and O–H groups in total. The zero-order valence-electron chi connectivity index (χ0n) is 10.4. The molecule has 0 fully saturated rings. The first-order valence-electron chi connectivity index (χ1n) is 5.73. The maximum atomic E-state index is 12.2. The van der Waals surface area contributed by atoms with Crippen molar-refractivity contribution in [3.8, 4) is 0 Å². The van der Waals surface area contributed by atoms with Crippen LogP contribution in [0.1, 0.15) is 24.2 Å². The second-order valence-corrected chi connectivity index (χ2v) is 6.93. The molecule has 2 rings (SSSR count). The Balaban J connectivity index is 2.17. The van der Waals surface area contributed by atoms with Gasteiger partial charge < -0.3 is 5.73 Å². The quantitative estimate of drug-likeness (QED) is 0.878. The lowest BCUT2D eigenvalue weighted by molar-refractivity contribution is 0.566. The highest BCUT2D eigenvalue weighted by Crippen LogP contribution is 2.22. The van der Waals surface area contributed by atoms with E-state index in [4.69, 9.17) is 5.73 Å². The van der Waals surface area contributed by atoms with E-state index in [9.17, 15) is 8.42 Å². The molecule has 0 spiro atoms. The van der Waals surface area contributed by atoms with E-state index in [-0.39, 0.29) is 10.3 Å². The summed E-state index contributed by atoms with van der Waals surface area (Å²) in [5.41, 5.74) is 6.98. The summed E-state index contributed by atoms with van der Waals surface area (Å²) >= 11 is 1.17. The van der Waals surface area contributed by atoms with Crippen molar-refractivity contribution in [1.82, 2.24) is 9.71 Å². The van der Waals surface area contributed by atoms with Gasteiger partial charge in [-0.1, -0.05) is 6.07 Å². The Bertz CT molecular complexity index is 638. The van der Waals surface area contributed by atoms with Crippen LogP contribution in [0.4, 0.5) is 0 Å². The largest absolute Gasteiger partial charge is 0.326 e. The number of hydrogen-bond donors (Lipinski definition) is 2. The van der Waals surface area contributed by atoms with Gasteiger partial charge in [-0.15, -0.1) is 11.3 Å². The second-order valence-electron chi connectivity index (χ2n) is 4.08. The minimum Gasteiger partial charge on any atom is -0.326 e. The Labute approximate surface area is 116 Å². The number of nitrogens with zero attached hydrogens (tertiary/aromatic N) is 1. The summed E-state index contributed by atoms with van der Waals surface area (Å²) in [6.45, 7) is 2.10. The Morgan fingerprint density at radius 1 is 1.47 bits per heavy atom. The molecule has 0 saturated carbocycles. The van der Waals surface area contributed by atoms with E-state index in [1.54, 1.807) is 36.7 Å². The van der Waals surface area contributed by atoms with Gasteiger partial charge in [0.25, 0.3) is 10.0 Å². The molecule has 2 aromatic heterocycles. The van der Waals surface area contributed by atoms with Gasteiger partial charge in [0.05, 0.1) is 11.7 Å². The smallest absolute Gasteiger partial charge is 0.250 e. The lowest BCUT2D eigenvalue weighted by atomic mass is 10.2. The molecule has 2 heterocycles. The van der Waals surface area contributed by atoms with E-state index in [0.29, 0.717) is 12.2 Å². The summed E-state index contributed by atoms with van der Waals surface area (Å²) in [5, 5.41) is 1.75. The van der Waals surface area contributed by atoms with Crippen LogP contribution in [0.5, 0.6) is 0 Å². The number of sulfonamides is 1. The van der Waals surface area contributed by atoms with Gasteiger partial charge in [0, 0.05) is 12.7 Å². The van der Waals surface area contributed by atoms with Crippen LogP contribution in [-0.2, 0) is 16.6 Å². The highest BCUT2D eigenvalue weighted by Gasteiger charge is 2.20. The molecule has 1 unspecified atom stereocenters. The van der Waals surface area contributed by atoms with Crippen LogP contribution in [-0.4, -0.2) is 13.4 Å². The Hall–Kier alpha value is -1.28. The van der Waals surface area contributed by atoms with Crippen LogP contribution in [0, 0.1) is 0 Å². The molecule has 5 nitrogen and oxygen atoms in total. The lowest BCUT2D eigenvalue weighted by Crippen LogP contribution is -2.26. The number of aromatic nitrogens is 1. The molecule has 7 heteroatoms. The Morgan fingerprint density at radius 2 is 2.26 bits per heavy atom. The molecule has 0 aliphatic carbocycles. The van der Waals surface area contributed by atoms with Crippen LogP contribution < -0.4 is 10.5 Å². The van der Waals surface area contributed by atoms with Gasteiger partial charge in [0.1, 0.15) is 4.21 Å². The monoisotopic (exact) mass is 297 g/mol. The van der Waals surface area contributed by atoms with Crippen LogP contribution in [0.25, 0.3) is 0 Å². The van der Waals surface area contributed by atoms with E-state index in [2.05, 4.69) is 9.71 Å². The molecule has 0 saturated heterocycles. The van der Waals surface area contributed by atoms with Crippen molar-refractivity contribution in [3.63, 3.8) is 0 Å². The van der Waals surface area contributed by atoms with Crippen LogP contribution in [0.2, 0.25) is 0 Å². The highest BCUT2D eigenvalue weighted by molar-refractivity contribution is 7.91. The predicted octanol–water partition coefficient (Wildman–Crippen LogP) is 1.64. The predicted molar refractivity (Wildman–Crippen MR) is 75.2 cm³/mol. The maximum absolute atomic E-state index is 12.2. The SMILES string of the molecule is CC(NS(=O)(=O)c1cc(CN)cs1)c1ccccn1. The molecule has 102 valence electrons. The Morgan fingerprint density at radius 3 is 2.84 bits per heavy atom. The third-order valence-corrected chi connectivity index (χ3v) is 5.62. The fraction of sp³-hybridized carbons (Fsp3) is 0.250. The van der Waals surface area contributed by atoms with Crippen molar-refractivity contribution < 1.29 is 8.42 Å². The fourth-order valence-corrected chi connectivity index (χ4v) is 4.04. The molecule has 0 amide bonds. The Kier molecular flexibility index (Phi) is 4.31. The van der Waals surface area contributed by atoms with Crippen molar-refractivity contribution in [2.45, 2.75) is 23.7 Å². The van der Waals surface area contributed by atoms with Crippen molar-refractivity contribution >= 4 is 21.4 Å². The van der Waals surface area contributed by atoms with Gasteiger partial charge in [-0.05, 0) is 36.1 Å². The first-order valence-corrected chi connectivity index (χ1v) is 8.10. The van der Waals surface area contributed by atoms with Gasteiger partial charge in [-0.2, -0.15) is 0 Å². The molecule has 0 bridgehead atoms. The van der Waals surface area contributed by atoms with Gasteiger partial charge in [0.2, 0.25) is 0 Å². The van der Waals surface area contributed by atoms with Gasteiger partial charge in [0.15, 0.2) is 0 Å². The molecule has 0 aliphatic rings. The average molecular weight is 297 g/mol. The molecule has 0 aromatic carbocycles. The molecule has 0 aliphatic heterocycles. The van der Waals surface area contributed by atoms with Crippen molar-refractivity contribution in [2.75, 3.05) is 0 Å². The number of pyridine rings is 1. The standard InChI is InChI=1S/C12H15N3O2S2/c1-9(11-4-2-3-5-14-11)15-19(16,17)12-6-10(7-13)8-18-12/h2-6,8-9,15H,7,13H2,1H3. The van der Waals surface area contributed by atoms with Crippen LogP contribution >= 0.6 is 11.3 Å². The van der Waals surface area contributed by atoms with E-state index in [0.717, 1.165) is 5.56 Å². The zero-order valence-corrected chi connectivity index (χ0v) is 12.0. The minimum atomic E-state index is -3.52. The summed E-state index contributed by atoms with van der Waals surface area (Å²) in [6, 6.07) is 6.61. The van der Waals surface area contributed by atoms with E-state index >= 15 is 0 Å². The number of nitrogens with one attached hydrogen (secondary N) is 1. The molecule has 2 aromatic rings. The molecular weight excluding hydrogens is 282 g/mol. The van der Waals surface area contributed by atoms with Gasteiger partial charge >= 0.3 is 0 Å². The highest BCUT2D eigenvalue weighted by atomic mass is 32.2. The summed E-state index contributed by atoms with van der Waals surface area (Å²) in [4.78, 5) is 4.13. The summed E-state index contributed by atoms with van der Waals surface area (Å²) in [7, 11) is -3.52. The number of nitrogens with two attached hydrogens (primary N) is 1. The maximum Gasteiger partial charge on any atom is 0.250 e. The second kappa shape index (κ2) is 5.79. The van der Waals surface area contributed by atoms with Gasteiger partial charge in [-0.3, -0.25) is 4.98 Å². The lowest BCUT2D eigenvalue weighted by Gasteiger charge is -2.12. The van der Waals surface area contributed by atoms with Crippen LogP contribution in [0.3, 0.4) is 0 Å². The van der Waals surface area contributed by atoms with E-state index in [1.165, 1.54) is 11.3 Å². The first-order chi connectivity index (χ1) is 9.03. The molecular formula is C12H15N3O2S2.